The highest BCUT2D eigenvalue weighted by molar-refractivity contribution is 5.81. The van der Waals surface area contributed by atoms with E-state index >= 15 is 0 Å². The van der Waals surface area contributed by atoms with Crippen molar-refractivity contribution in [2.75, 3.05) is 7.11 Å². The minimum Gasteiger partial charge on any atom is -0.496 e. The van der Waals surface area contributed by atoms with Crippen LogP contribution in [0, 0.1) is 6.92 Å². The van der Waals surface area contributed by atoms with Gasteiger partial charge in [0.2, 0.25) is 0 Å². The molecular weight excluding hydrogens is 214 g/mol. The number of aryl methyl sites for hydroxylation is 1. The van der Waals surface area contributed by atoms with Gasteiger partial charge in [0.1, 0.15) is 5.75 Å². The molecule has 1 aromatic heterocycles. The molecule has 3 nitrogen and oxygen atoms in total. The second kappa shape index (κ2) is 4.78. The second-order valence-corrected chi connectivity index (χ2v) is 3.76. The van der Waals surface area contributed by atoms with Crippen LogP contribution in [0.2, 0.25) is 0 Å². The lowest BCUT2D eigenvalue weighted by Crippen LogP contribution is -1.91. The number of carbonyl (C=O) groups excluding carboxylic acids is 1. The van der Waals surface area contributed by atoms with Crippen molar-refractivity contribution < 1.29 is 9.53 Å². The van der Waals surface area contributed by atoms with Crippen LogP contribution < -0.4 is 4.74 Å². The maximum absolute atomic E-state index is 10.8. The summed E-state index contributed by atoms with van der Waals surface area (Å²) in [6.45, 7) is 1.94. The van der Waals surface area contributed by atoms with Crippen LogP contribution in [0.3, 0.4) is 0 Å². The van der Waals surface area contributed by atoms with E-state index in [1.165, 1.54) is 0 Å². The zero-order chi connectivity index (χ0) is 12.3. The normalized spacial score (nSPS) is 10.0. The Morgan fingerprint density at radius 1 is 1.18 bits per heavy atom. The summed E-state index contributed by atoms with van der Waals surface area (Å²) in [6, 6.07) is 9.45. The van der Waals surface area contributed by atoms with E-state index < -0.39 is 0 Å². The molecule has 3 heteroatoms. The first-order valence-electron chi connectivity index (χ1n) is 5.31. The molecular formula is C14H13NO2. The van der Waals surface area contributed by atoms with Crippen LogP contribution in [0.15, 0.2) is 36.5 Å². The van der Waals surface area contributed by atoms with Gasteiger partial charge in [-0.3, -0.25) is 9.78 Å². The van der Waals surface area contributed by atoms with Crippen LogP contribution in [0.25, 0.3) is 11.1 Å². The first-order valence-corrected chi connectivity index (χ1v) is 5.31. The molecule has 0 N–H and O–H groups in total. The van der Waals surface area contributed by atoms with E-state index in [0.29, 0.717) is 11.3 Å². The highest BCUT2D eigenvalue weighted by atomic mass is 16.5. The Kier molecular flexibility index (Phi) is 3.19. The third-order valence-electron chi connectivity index (χ3n) is 2.59. The average molecular weight is 227 g/mol. The van der Waals surface area contributed by atoms with Crippen LogP contribution in [0.1, 0.15) is 16.1 Å². The third-order valence-corrected chi connectivity index (χ3v) is 2.59. The summed E-state index contributed by atoms with van der Waals surface area (Å²) in [5.74, 6) is 0.590. The van der Waals surface area contributed by atoms with Gasteiger partial charge in [0.25, 0.3) is 0 Å². The van der Waals surface area contributed by atoms with Gasteiger partial charge in [-0.2, -0.15) is 0 Å². The van der Waals surface area contributed by atoms with Crippen molar-refractivity contribution in [3.8, 4) is 16.9 Å². The van der Waals surface area contributed by atoms with E-state index in [2.05, 4.69) is 4.98 Å². The molecule has 2 aromatic rings. The van der Waals surface area contributed by atoms with Crippen LogP contribution in [-0.2, 0) is 0 Å². The molecule has 0 radical (unpaired) electrons. The monoisotopic (exact) mass is 227 g/mol. The van der Waals surface area contributed by atoms with E-state index in [0.717, 1.165) is 23.1 Å². The Balaban J connectivity index is 2.50. The number of methoxy groups -OCH3 is 1. The lowest BCUT2D eigenvalue weighted by Gasteiger charge is -2.07. The maximum atomic E-state index is 10.8. The zero-order valence-corrected chi connectivity index (χ0v) is 9.81. The minimum absolute atomic E-state index is 0.557. The largest absolute Gasteiger partial charge is 0.496 e. The van der Waals surface area contributed by atoms with Crippen molar-refractivity contribution in [2.45, 2.75) is 6.92 Å². The number of hydrogen-bond acceptors (Lipinski definition) is 3. The van der Waals surface area contributed by atoms with Gasteiger partial charge in [0.05, 0.1) is 12.7 Å². The van der Waals surface area contributed by atoms with Gasteiger partial charge in [-0.15, -0.1) is 0 Å². The standard InChI is InChI=1S/C14H13NO2/c1-10-7-12(5-6-15-10)11-3-4-13(9-16)14(8-11)17-2/h3-9H,1-2H3. The van der Waals surface area contributed by atoms with Crippen molar-refractivity contribution >= 4 is 6.29 Å². The van der Waals surface area contributed by atoms with Gasteiger partial charge in [0, 0.05) is 11.9 Å². The Morgan fingerprint density at radius 3 is 2.59 bits per heavy atom. The first-order chi connectivity index (χ1) is 8.24. The summed E-state index contributed by atoms with van der Waals surface area (Å²) >= 11 is 0. The van der Waals surface area contributed by atoms with E-state index in [9.17, 15) is 4.79 Å². The Morgan fingerprint density at radius 2 is 1.94 bits per heavy atom. The Labute approximate surface area is 100 Å². The molecule has 1 aromatic carbocycles. The van der Waals surface area contributed by atoms with Gasteiger partial charge in [-0.1, -0.05) is 6.07 Å². The molecule has 0 spiro atoms. The number of benzene rings is 1. The number of carbonyl (C=O) groups is 1. The number of pyridine rings is 1. The van der Waals surface area contributed by atoms with Crippen molar-refractivity contribution in [1.29, 1.82) is 0 Å². The summed E-state index contributed by atoms with van der Waals surface area (Å²) < 4.78 is 5.18. The van der Waals surface area contributed by atoms with E-state index in [-0.39, 0.29) is 0 Å². The quantitative estimate of drug-likeness (QED) is 0.757. The van der Waals surface area contributed by atoms with E-state index in [4.69, 9.17) is 4.74 Å². The van der Waals surface area contributed by atoms with Crippen molar-refractivity contribution in [2.24, 2.45) is 0 Å². The molecule has 1 heterocycles. The van der Waals surface area contributed by atoms with Gasteiger partial charge in [-0.05, 0) is 42.3 Å². The summed E-state index contributed by atoms with van der Waals surface area (Å²) in [5.41, 5.74) is 3.59. The number of aromatic nitrogens is 1. The average Bonchev–Trinajstić information content (AvgIpc) is 2.38. The molecule has 0 bridgehead atoms. The predicted molar refractivity (Wildman–Crippen MR) is 66.3 cm³/mol. The van der Waals surface area contributed by atoms with Gasteiger partial charge in [-0.25, -0.2) is 0 Å². The van der Waals surface area contributed by atoms with Gasteiger partial charge in [0.15, 0.2) is 6.29 Å². The van der Waals surface area contributed by atoms with Crippen LogP contribution in [-0.4, -0.2) is 18.4 Å². The molecule has 17 heavy (non-hydrogen) atoms. The molecule has 0 amide bonds. The van der Waals surface area contributed by atoms with E-state index in [1.807, 2.05) is 31.2 Å². The van der Waals surface area contributed by atoms with Gasteiger partial charge < -0.3 is 4.74 Å². The number of nitrogens with zero attached hydrogens (tertiary/aromatic N) is 1. The number of ether oxygens (including phenoxy) is 1. The molecule has 0 unspecified atom stereocenters. The molecule has 0 saturated heterocycles. The lowest BCUT2D eigenvalue weighted by atomic mass is 10.0. The zero-order valence-electron chi connectivity index (χ0n) is 9.81. The lowest BCUT2D eigenvalue weighted by molar-refractivity contribution is 0.112. The van der Waals surface area contributed by atoms with Crippen molar-refractivity contribution in [3.63, 3.8) is 0 Å². The summed E-state index contributed by atoms with van der Waals surface area (Å²) in [5, 5.41) is 0. The predicted octanol–water partition coefficient (Wildman–Crippen LogP) is 2.88. The molecule has 0 aliphatic rings. The van der Waals surface area contributed by atoms with E-state index in [1.54, 1.807) is 19.4 Å². The fraction of sp³-hybridized carbons (Fsp3) is 0.143. The Hall–Kier alpha value is -2.16. The molecule has 0 aliphatic carbocycles. The summed E-state index contributed by atoms with van der Waals surface area (Å²) in [6.07, 6.45) is 2.56. The molecule has 0 fully saturated rings. The van der Waals surface area contributed by atoms with Crippen LogP contribution in [0.4, 0.5) is 0 Å². The Bertz CT molecular complexity index is 550. The molecule has 0 atom stereocenters. The van der Waals surface area contributed by atoms with Crippen molar-refractivity contribution in [3.05, 3.63) is 47.8 Å². The first kappa shape index (κ1) is 11.3. The highest BCUT2D eigenvalue weighted by Gasteiger charge is 2.05. The number of rotatable bonds is 3. The number of hydrogen-bond donors (Lipinski definition) is 0. The summed E-state index contributed by atoms with van der Waals surface area (Å²) in [7, 11) is 1.56. The fourth-order valence-corrected chi connectivity index (χ4v) is 1.71. The molecule has 86 valence electrons. The van der Waals surface area contributed by atoms with Crippen LogP contribution in [0.5, 0.6) is 5.75 Å². The summed E-state index contributed by atoms with van der Waals surface area (Å²) in [4.78, 5) is 15.0. The smallest absolute Gasteiger partial charge is 0.153 e. The fourth-order valence-electron chi connectivity index (χ4n) is 1.71. The SMILES string of the molecule is COc1cc(-c2ccnc(C)c2)ccc1C=O. The second-order valence-electron chi connectivity index (χ2n) is 3.76. The maximum Gasteiger partial charge on any atom is 0.153 e. The topological polar surface area (TPSA) is 39.2 Å². The van der Waals surface area contributed by atoms with Crippen LogP contribution >= 0.6 is 0 Å². The molecule has 2 rings (SSSR count). The molecule has 0 saturated carbocycles. The van der Waals surface area contributed by atoms with Gasteiger partial charge >= 0.3 is 0 Å². The highest BCUT2D eigenvalue weighted by Crippen LogP contribution is 2.26. The third kappa shape index (κ3) is 2.33. The minimum atomic E-state index is 0.557. The number of aldehydes is 1. The van der Waals surface area contributed by atoms with Crippen molar-refractivity contribution in [1.82, 2.24) is 4.98 Å². The molecule has 0 aliphatic heterocycles.